The number of nitrogens with zero attached hydrogens (tertiary/aromatic N) is 1. The molecule has 6 nitrogen and oxygen atoms in total. The summed E-state index contributed by atoms with van der Waals surface area (Å²) >= 11 is 0. The topological polar surface area (TPSA) is 70.7 Å². The van der Waals surface area contributed by atoms with E-state index >= 15 is 0 Å². The van der Waals surface area contributed by atoms with Gasteiger partial charge in [-0.05, 0) is 18.2 Å². The maximum absolute atomic E-state index is 13.2. The second-order valence-electron chi connectivity index (χ2n) is 4.78. The maximum atomic E-state index is 13.2. The summed E-state index contributed by atoms with van der Waals surface area (Å²) in [6.45, 7) is 1.16. The highest BCUT2D eigenvalue weighted by Crippen LogP contribution is 2.22. The first-order valence-corrected chi connectivity index (χ1v) is 6.69. The van der Waals surface area contributed by atoms with Gasteiger partial charge in [0.1, 0.15) is 5.82 Å². The van der Waals surface area contributed by atoms with Gasteiger partial charge in [0.05, 0.1) is 12.6 Å². The summed E-state index contributed by atoms with van der Waals surface area (Å²) in [6, 6.07) is 5.22. The van der Waals surface area contributed by atoms with Crippen molar-refractivity contribution in [3.63, 3.8) is 0 Å². The number of methoxy groups -OCH3 is 1. The zero-order valence-corrected chi connectivity index (χ0v) is 11.8. The standard InChI is InChI=1S/C14H18FN3O3/c1-21-6-5-16-14(20)17-11-8-13(19)18(9-11)12-4-2-3-10(15)7-12/h2-4,7,11H,5-6,8-9H2,1H3,(H2,16,17,20)/t11-/m0/s1. The first kappa shape index (κ1) is 15.2. The van der Waals surface area contributed by atoms with Gasteiger partial charge in [-0.2, -0.15) is 0 Å². The molecule has 0 aliphatic carbocycles. The van der Waals surface area contributed by atoms with Gasteiger partial charge >= 0.3 is 6.03 Å². The summed E-state index contributed by atoms with van der Waals surface area (Å²) in [5.74, 6) is -0.531. The lowest BCUT2D eigenvalue weighted by Gasteiger charge is -2.17. The molecule has 1 atom stereocenters. The Bertz CT molecular complexity index is 524. The van der Waals surface area contributed by atoms with Gasteiger partial charge in [0.25, 0.3) is 0 Å². The van der Waals surface area contributed by atoms with Crippen LogP contribution in [0.2, 0.25) is 0 Å². The summed E-state index contributed by atoms with van der Waals surface area (Å²) in [7, 11) is 1.55. The van der Waals surface area contributed by atoms with Crippen molar-refractivity contribution in [1.29, 1.82) is 0 Å². The molecule has 1 aromatic carbocycles. The SMILES string of the molecule is COCCNC(=O)N[C@H]1CC(=O)N(c2cccc(F)c2)C1. The number of nitrogens with one attached hydrogen (secondary N) is 2. The number of rotatable bonds is 5. The summed E-state index contributed by atoms with van der Waals surface area (Å²) in [5, 5.41) is 5.34. The van der Waals surface area contributed by atoms with Crippen molar-refractivity contribution in [1.82, 2.24) is 10.6 Å². The molecule has 21 heavy (non-hydrogen) atoms. The van der Waals surface area contributed by atoms with Crippen molar-refractivity contribution >= 4 is 17.6 Å². The summed E-state index contributed by atoms with van der Waals surface area (Å²) < 4.78 is 18.0. The van der Waals surface area contributed by atoms with Gasteiger partial charge in [0.2, 0.25) is 5.91 Å². The van der Waals surface area contributed by atoms with Crippen LogP contribution in [0.15, 0.2) is 24.3 Å². The molecule has 1 aliphatic heterocycles. The van der Waals surface area contributed by atoms with Gasteiger partial charge < -0.3 is 20.3 Å². The average molecular weight is 295 g/mol. The molecule has 7 heteroatoms. The summed E-state index contributed by atoms with van der Waals surface area (Å²) in [4.78, 5) is 25.0. The first-order valence-electron chi connectivity index (χ1n) is 6.69. The van der Waals surface area contributed by atoms with E-state index in [1.807, 2.05) is 0 Å². The number of amides is 3. The van der Waals surface area contributed by atoms with E-state index in [-0.39, 0.29) is 24.4 Å². The number of halogens is 1. The van der Waals surface area contributed by atoms with E-state index in [4.69, 9.17) is 4.74 Å². The van der Waals surface area contributed by atoms with Crippen LogP contribution in [0.5, 0.6) is 0 Å². The molecule has 1 aromatic rings. The molecule has 1 heterocycles. The Morgan fingerprint density at radius 1 is 1.52 bits per heavy atom. The van der Waals surface area contributed by atoms with Crippen LogP contribution in [-0.4, -0.2) is 44.8 Å². The lowest BCUT2D eigenvalue weighted by atomic mass is 10.2. The molecule has 0 unspecified atom stereocenters. The Kier molecular flexibility index (Phi) is 5.10. The van der Waals surface area contributed by atoms with Gasteiger partial charge in [-0.1, -0.05) is 6.07 Å². The fourth-order valence-electron chi connectivity index (χ4n) is 2.20. The van der Waals surface area contributed by atoms with Crippen molar-refractivity contribution in [3.8, 4) is 0 Å². The monoisotopic (exact) mass is 295 g/mol. The molecule has 0 bridgehead atoms. The molecule has 0 radical (unpaired) electrons. The second kappa shape index (κ2) is 7.03. The van der Waals surface area contributed by atoms with Gasteiger partial charge in [0.15, 0.2) is 0 Å². The van der Waals surface area contributed by atoms with E-state index in [1.165, 1.54) is 17.0 Å². The number of urea groups is 1. The normalized spacial score (nSPS) is 17.9. The Morgan fingerprint density at radius 2 is 2.33 bits per heavy atom. The van der Waals surface area contributed by atoms with Crippen LogP contribution in [0.3, 0.4) is 0 Å². The lowest BCUT2D eigenvalue weighted by Crippen LogP contribution is -2.44. The first-order chi connectivity index (χ1) is 10.1. The molecule has 0 aromatic heterocycles. The number of carbonyl (C=O) groups is 2. The minimum Gasteiger partial charge on any atom is -0.383 e. The van der Waals surface area contributed by atoms with Crippen molar-refractivity contribution in [2.24, 2.45) is 0 Å². The maximum Gasteiger partial charge on any atom is 0.315 e. The third-order valence-corrected chi connectivity index (χ3v) is 3.17. The van der Waals surface area contributed by atoms with Crippen LogP contribution in [-0.2, 0) is 9.53 Å². The molecule has 3 amide bonds. The third-order valence-electron chi connectivity index (χ3n) is 3.17. The molecule has 0 saturated carbocycles. The number of benzene rings is 1. The largest absolute Gasteiger partial charge is 0.383 e. The van der Waals surface area contributed by atoms with Gasteiger partial charge in [0, 0.05) is 32.3 Å². The molecular weight excluding hydrogens is 277 g/mol. The van der Waals surface area contributed by atoms with E-state index in [2.05, 4.69) is 10.6 Å². The van der Waals surface area contributed by atoms with Crippen LogP contribution in [0.1, 0.15) is 6.42 Å². The molecule has 1 fully saturated rings. The Balaban J connectivity index is 1.89. The predicted octanol–water partition coefficient (Wildman–Crippen LogP) is 0.877. The fraction of sp³-hybridized carbons (Fsp3) is 0.429. The second-order valence-corrected chi connectivity index (χ2v) is 4.78. The van der Waals surface area contributed by atoms with E-state index in [0.717, 1.165) is 0 Å². The summed E-state index contributed by atoms with van der Waals surface area (Å²) in [6.07, 6.45) is 0.203. The minimum absolute atomic E-state index is 0.136. The molecule has 2 rings (SSSR count). The van der Waals surface area contributed by atoms with Crippen molar-refractivity contribution < 1.29 is 18.7 Å². The number of hydrogen-bond acceptors (Lipinski definition) is 3. The Labute approximate surface area is 122 Å². The van der Waals surface area contributed by atoms with E-state index in [1.54, 1.807) is 19.2 Å². The quantitative estimate of drug-likeness (QED) is 0.792. The molecule has 2 N–H and O–H groups in total. The molecule has 114 valence electrons. The van der Waals surface area contributed by atoms with Crippen molar-refractivity contribution in [2.75, 3.05) is 31.7 Å². The number of carbonyl (C=O) groups excluding carboxylic acids is 2. The van der Waals surface area contributed by atoms with Crippen LogP contribution in [0.4, 0.5) is 14.9 Å². The Morgan fingerprint density at radius 3 is 3.05 bits per heavy atom. The van der Waals surface area contributed by atoms with Gasteiger partial charge in [-0.15, -0.1) is 0 Å². The number of ether oxygens (including phenoxy) is 1. The van der Waals surface area contributed by atoms with E-state index < -0.39 is 5.82 Å². The zero-order valence-electron chi connectivity index (χ0n) is 11.8. The highest BCUT2D eigenvalue weighted by molar-refractivity contribution is 5.96. The predicted molar refractivity (Wildman–Crippen MR) is 75.6 cm³/mol. The lowest BCUT2D eigenvalue weighted by molar-refractivity contribution is -0.117. The van der Waals surface area contributed by atoms with E-state index in [0.29, 0.717) is 25.4 Å². The molecule has 1 saturated heterocycles. The molecule has 0 spiro atoms. The highest BCUT2D eigenvalue weighted by Gasteiger charge is 2.31. The third kappa shape index (κ3) is 4.16. The molecular formula is C14H18FN3O3. The Hall–Kier alpha value is -2.15. The number of hydrogen-bond donors (Lipinski definition) is 2. The van der Waals surface area contributed by atoms with E-state index in [9.17, 15) is 14.0 Å². The number of anilines is 1. The fourth-order valence-corrected chi connectivity index (χ4v) is 2.20. The van der Waals surface area contributed by atoms with Gasteiger partial charge in [-0.25, -0.2) is 9.18 Å². The van der Waals surface area contributed by atoms with Crippen LogP contribution >= 0.6 is 0 Å². The van der Waals surface area contributed by atoms with Crippen molar-refractivity contribution in [3.05, 3.63) is 30.1 Å². The average Bonchev–Trinajstić information content (AvgIpc) is 2.80. The zero-order chi connectivity index (χ0) is 15.2. The smallest absolute Gasteiger partial charge is 0.315 e. The van der Waals surface area contributed by atoms with Crippen LogP contribution in [0, 0.1) is 5.82 Å². The van der Waals surface area contributed by atoms with Crippen LogP contribution in [0.25, 0.3) is 0 Å². The molecule has 1 aliphatic rings. The van der Waals surface area contributed by atoms with Crippen molar-refractivity contribution in [2.45, 2.75) is 12.5 Å². The minimum atomic E-state index is -0.394. The van der Waals surface area contributed by atoms with Crippen LogP contribution < -0.4 is 15.5 Å². The summed E-state index contributed by atoms with van der Waals surface area (Å²) in [5.41, 5.74) is 0.504. The highest BCUT2D eigenvalue weighted by atomic mass is 19.1. The van der Waals surface area contributed by atoms with Gasteiger partial charge in [-0.3, -0.25) is 4.79 Å².